The zero-order valence-electron chi connectivity index (χ0n) is 20.4. The van der Waals surface area contributed by atoms with Crippen molar-refractivity contribution in [2.45, 2.75) is 65.0 Å². The summed E-state index contributed by atoms with van der Waals surface area (Å²) in [4.78, 5) is 0. The van der Waals surface area contributed by atoms with E-state index >= 15 is 0 Å². The van der Waals surface area contributed by atoms with Crippen molar-refractivity contribution in [2.24, 2.45) is 0 Å². The number of alkyl halides is 3. The zero-order chi connectivity index (χ0) is 26.1. The molecule has 0 aliphatic heterocycles. The fourth-order valence-corrected chi connectivity index (χ4v) is 4.52. The van der Waals surface area contributed by atoms with Crippen LogP contribution in [-0.4, -0.2) is 23.2 Å². The summed E-state index contributed by atoms with van der Waals surface area (Å²) in [5.74, 6) is 1.25. The van der Waals surface area contributed by atoms with Crippen LogP contribution in [0.25, 0.3) is 17.3 Å². The smallest absolute Gasteiger partial charge is 0.457 e. The van der Waals surface area contributed by atoms with Gasteiger partial charge in [-0.15, -0.1) is 13.2 Å². The van der Waals surface area contributed by atoms with E-state index in [9.17, 15) is 13.2 Å². The quantitative estimate of drug-likeness (QED) is 0.298. The number of aryl methyl sites for hydroxylation is 1. The molecular formula is C27H27ClF3NO4. The van der Waals surface area contributed by atoms with Gasteiger partial charge in [-0.2, -0.15) is 0 Å². The molecule has 4 rings (SSSR count). The first kappa shape index (κ1) is 26.1. The third-order valence-electron chi connectivity index (χ3n) is 5.74. The molecule has 1 heterocycles. The Morgan fingerprint density at radius 3 is 2.39 bits per heavy atom. The van der Waals surface area contributed by atoms with Gasteiger partial charge in [-0.25, -0.2) is 0 Å². The van der Waals surface area contributed by atoms with E-state index in [2.05, 4.69) is 16.8 Å². The van der Waals surface area contributed by atoms with E-state index in [1.54, 1.807) is 12.1 Å². The average Bonchev–Trinajstić information content (AvgIpc) is 3.16. The lowest BCUT2D eigenvalue weighted by molar-refractivity contribution is -0.274. The van der Waals surface area contributed by atoms with Crippen molar-refractivity contribution < 1.29 is 31.9 Å². The molecule has 1 unspecified atom stereocenters. The second-order valence-corrected chi connectivity index (χ2v) is 9.54. The van der Waals surface area contributed by atoms with E-state index in [0.717, 1.165) is 35.2 Å². The molecule has 0 N–H and O–H groups in total. The fraction of sp³-hybridized carbons (Fsp3) is 0.370. The van der Waals surface area contributed by atoms with Gasteiger partial charge in [0.05, 0.1) is 11.1 Å². The molecule has 0 bridgehead atoms. The van der Waals surface area contributed by atoms with Gasteiger partial charge in [0, 0.05) is 23.6 Å². The lowest BCUT2D eigenvalue weighted by atomic mass is 9.86. The van der Waals surface area contributed by atoms with Crippen molar-refractivity contribution in [2.75, 3.05) is 0 Å². The Hall–Kier alpha value is -2.97. The number of nitrogens with zero attached hydrogens (tertiary/aromatic N) is 1. The minimum absolute atomic E-state index is 0.0109. The minimum Gasteiger partial charge on any atom is -0.457 e. The van der Waals surface area contributed by atoms with Crippen LogP contribution in [0.4, 0.5) is 13.2 Å². The summed E-state index contributed by atoms with van der Waals surface area (Å²) in [6.07, 6.45) is -0.813. The number of halogens is 4. The number of hydrogen-bond donors (Lipinski definition) is 0. The van der Waals surface area contributed by atoms with Crippen molar-refractivity contribution in [3.63, 3.8) is 0 Å². The molecule has 192 valence electrons. The molecule has 2 aromatic carbocycles. The van der Waals surface area contributed by atoms with Crippen molar-refractivity contribution >= 4 is 17.7 Å². The van der Waals surface area contributed by atoms with Crippen molar-refractivity contribution in [3.8, 4) is 28.5 Å². The largest absolute Gasteiger partial charge is 0.573 e. The van der Waals surface area contributed by atoms with Crippen molar-refractivity contribution in [3.05, 3.63) is 64.4 Å². The Labute approximate surface area is 212 Å². The normalized spacial score (nSPS) is 17.6. The maximum atomic E-state index is 12.4. The third-order valence-corrected chi connectivity index (χ3v) is 6.24. The van der Waals surface area contributed by atoms with Crippen molar-refractivity contribution in [1.29, 1.82) is 0 Å². The SMILES string of the molecule is CCCc1cc(Oc2ccc(OC(F)(F)F)cc2)ccc1-c1noc2c1CC(C)(OC(C)C)C(Cl)=C2. The third kappa shape index (κ3) is 5.87. The molecule has 1 atom stereocenters. The van der Waals surface area contributed by atoms with Crippen LogP contribution in [0.5, 0.6) is 17.2 Å². The topological polar surface area (TPSA) is 53.7 Å². The second kappa shape index (κ2) is 10.2. The van der Waals surface area contributed by atoms with Crippen LogP contribution in [0.15, 0.2) is 52.0 Å². The van der Waals surface area contributed by atoms with Gasteiger partial charge in [0.25, 0.3) is 0 Å². The molecule has 1 aliphatic rings. The van der Waals surface area contributed by atoms with E-state index < -0.39 is 12.0 Å². The predicted molar refractivity (Wildman–Crippen MR) is 131 cm³/mol. The van der Waals surface area contributed by atoms with Crippen LogP contribution in [0.1, 0.15) is 51.0 Å². The van der Waals surface area contributed by atoms with Crippen LogP contribution in [-0.2, 0) is 17.6 Å². The monoisotopic (exact) mass is 521 g/mol. The molecule has 5 nitrogen and oxygen atoms in total. The summed E-state index contributed by atoms with van der Waals surface area (Å²) in [6, 6.07) is 10.9. The molecule has 0 spiro atoms. The van der Waals surface area contributed by atoms with Gasteiger partial charge >= 0.3 is 6.36 Å². The molecule has 1 aliphatic carbocycles. The Balaban J connectivity index is 1.62. The maximum absolute atomic E-state index is 12.4. The number of benzene rings is 2. The van der Waals surface area contributed by atoms with E-state index in [1.165, 1.54) is 24.3 Å². The number of ether oxygens (including phenoxy) is 3. The fourth-order valence-electron chi connectivity index (χ4n) is 4.31. The average molecular weight is 522 g/mol. The summed E-state index contributed by atoms with van der Waals surface area (Å²) in [6.45, 7) is 7.97. The zero-order valence-corrected chi connectivity index (χ0v) is 21.2. The van der Waals surface area contributed by atoms with Crippen LogP contribution in [0.2, 0.25) is 0 Å². The molecule has 1 aromatic heterocycles. The highest BCUT2D eigenvalue weighted by atomic mass is 35.5. The Morgan fingerprint density at radius 1 is 1.08 bits per heavy atom. The molecule has 36 heavy (non-hydrogen) atoms. The number of rotatable bonds is 8. The highest BCUT2D eigenvalue weighted by molar-refractivity contribution is 6.32. The minimum atomic E-state index is -4.74. The molecule has 9 heteroatoms. The molecule has 0 fully saturated rings. The highest BCUT2D eigenvalue weighted by Gasteiger charge is 2.38. The first-order valence-electron chi connectivity index (χ1n) is 11.7. The Kier molecular flexibility index (Phi) is 7.38. The van der Waals surface area contributed by atoms with Gasteiger partial charge in [0.2, 0.25) is 0 Å². The number of hydrogen-bond acceptors (Lipinski definition) is 5. The van der Waals surface area contributed by atoms with Gasteiger partial charge in [0.1, 0.15) is 28.5 Å². The second-order valence-electron chi connectivity index (χ2n) is 9.13. The Morgan fingerprint density at radius 2 is 1.75 bits per heavy atom. The number of fused-ring (bicyclic) bond motifs is 1. The summed E-state index contributed by atoms with van der Waals surface area (Å²) in [7, 11) is 0. The Bertz CT molecular complexity index is 1250. The van der Waals surface area contributed by atoms with Crippen LogP contribution >= 0.6 is 11.6 Å². The molecule has 0 radical (unpaired) electrons. The summed E-state index contributed by atoms with van der Waals surface area (Å²) < 4.78 is 58.8. The lowest BCUT2D eigenvalue weighted by Gasteiger charge is -2.34. The van der Waals surface area contributed by atoms with Gasteiger partial charge < -0.3 is 18.7 Å². The summed E-state index contributed by atoms with van der Waals surface area (Å²) >= 11 is 6.54. The first-order valence-corrected chi connectivity index (χ1v) is 12.1. The standard InChI is InChI=1S/C27H27ClF3NO4/c1-5-6-17-13-20(33-18-7-9-19(10-8-18)35-27(29,30)31)11-12-21(17)25-22-15-26(4,34-16(2)3)24(28)14-23(22)36-32-25/h7-14,16H,5-6,15H2,1-4H3. The predicted octanol–water partition coefficient (Wildman–Crippen LogP) is 8.30. The van der Waals surface area contributed by atoms with Gasteiger partial charge in [-0.3, -0.25) is 0 Å². The van der Waals surface area contributed by atoms with Crippen LogP contribution in [0.3, 0.4) is 0 Å². The molecule has 0 saturated carbocycles. The van der Waals surface area contributed by atoms with Gasteiger partial charge in [-0.1, -0.05) is 30.1 Å². The summed E-state index contributed by atoms with van der Waals surface area (Å²) in [5.41, 5.74) is 2.90. The van der Waals surface area contributed by atoms with Crippen molar-refractivity contribution in [1.82, 2.24) is 5.16 Å². The lowest BCUT2D eigenvalue weighted by Crippen LogP contribution is -2.36. The van der Waals surface area contributed by atoms with Gasteiger partial charge in [-0.05, 0) is 75.2 Å². The van der Waals surface area contributed by atoms with E-state index in [1.807, 2.05) is 32.9 Å². The van der Waals surface area contributed by atoms with Crippen LogP contribution < -0.4 is 9.47 Å². The van der Waals surface area contributed by atoms with E-state index in [-0.39, 0.29) is 11.9 Å². The molecular weight excluding hydrogens is 495 g/mol. The first-order chi connectivity index (χ1) is 17.0. The number of aromatic nitrogens is 1. The molecule has 0 saturated heterocycles. The molecule has 0 amide bonds. The summed E-state index contributed by atoms with van der Waals surface area (Å²) in [5, 5.41) is 4.93. The highest BCUT2D eigenvalue weighted by Crippen LogP contribution is 2.42. The van der Waals surface area contributed by atoms with Crippen LogP contribution in [0, 0.1) is 0 Å². The molecule has 3 aromatic rings. The van der Waals surface area contributed by atoms with Gasteiger partial charge in [0.15, 0.2) is 5.76 Å². The van der Waals surface area contributed by atoms with E-state index in [0.29, 0.717) is 28.7 Å². The van der Waals surface area contributed by atoms with E-state index in [4.69, 9.17) is 25.6 Å². The maximum Gasteiger partial charge on any atom is 0.573 e.